The number of nitrogens with one attached hydrogen (secondary N) is 1. The summed E-state index contributed by atoms with van der Waals surface area (Å²) < 4.78 is 6.15. The van der Waals surface area contributed by atoms with Crippen molar-refractivity contribution in [2.45, 2.75) is 76.3 Å². The second kappa shape index (κ2) is 10.7. The zero-order valence-electron chi connectivity index (χ0n) is 17.7. The Balaban J connectivity index is 1.29. The first-order valence-electron chi connectivity index (χ1n) is 11.7. The lowest BCUT2D eigenvalue weighted by atomic mass is 9.88. The maximum Gasteiger partial charge on any atom is 0.119 e. The van der Waals surface area contributed by atoms with Crippen LogP contribution in [0.2, 0.25) is 0 Å². The Morgan fingerprint density at radius 1 is 0.690 bits per heavy atom. The van der Waals surface area contributed by atoms with Crippen molar-refractivity contribution >= 4 is 11.4 Å². The van der Waals surface area contributed by atoms with Crippen LogP contribution in [0.15, 0.2) is 54.6 Å². The lowest BCUT2D eigenvalue weighted by Crippen LogP contribution is -2.47. The van der Waals surface area contributed by atoms with Gasteiger partial charge in [0.2, 0.25) is 0 Å². The van der Waals surface area contributed by atoms with Crippen LogP contribution in [0.5, 0.6) is 5.75 Å². The summed E-state index contributed by atoms with van der Waals surface area (Å²) in [5.74, 6) is 0.968. The molecular formula is C26H36N2O. The minimum absolute atomic E-state index is 0.785. The van der Waals surface area contributed by atoms with E-state index in [1.165, 1.54) is 64.2 Å². The third-order valence-electron chi connectivity index (χ3n) is 6.62. The van der Waals surface area contributed by atoms with Gasteiger partial charge in [-0.25, -0.2) is 0 Å². The first-order valence-corrected chi connectivity index (χ1v) is 11.7. The standard InChI is InChI=1S/C26H36N2O/c1-4-10-22(11-5-1)27-23-16-18-26(19-17-23)29-21-20-28(24-12-6-2-7-13-24)25-14-8-3-9-15-25/h1,4-5,10-11,16-19,24-25,27H,2-3,6-9,12-15,20-21H2. The van der Waals surface area contributed by atoms with Crippen molar-refractivity contribution in [1.29, 1.82) is 0 Å². The molecule has 2 aromatic carbocycles. The van der Waals surface area contributed by atoms with E-state index in [0.717, 1.165) is 42.4 Å². The van der Waals surface area contributed by atoms with Crippen molar-refractivity contribution in [3.05, 3.63) is 54.6 Å². The van der Waals surface area contributed by atoms with Gasteiger partial charge in [0, 0.05) is 30.0 Å². The molecule has 2 aliphatic rings. The van der Waals surface area contributed by atoms with Gasteiger partial charge in [-0.2, -0.15) is 0 Å². The number of anilines is 2. The Hall–Kier alpha value is -2.00. The fraction of sp³-hybridized carbons (Fsp3) is 0.538. The van der Waals surface area contributed by atoms with Gasteiger partial charge < -0.3 is 10.1 Å². The highest BCUT2D eigenvalue weighted by atomic mass is 16.5. The van der Waals surface area contributed by atoms with Gasteiger partial charge in [0.05, 0.1) is 0 Å². The molecule has 1 N–H and O–H groups in total. The van der Waals surface area contributed by atoms with Gasteiger partial charge in [0.1, 0.15) is 12.4 Å². The van der Waals surface area contributed by atoms with Gasteiger partial charge in [-0.1, -0.05) is 56.7 Å². The van der Waals surface area contributed by atoms with Crippen LogP contribution in [0.1, 0.15) is 64.2 Å². The third kappa shape index (κ3) is 5.99. The molecule has 2 aromatic rings. The van der Waals surface area contributed by atoms with Gasteiger partial charge in [-0.3, -0.25) is 4.90 Å². The summed E-state index contributed by atoms with van der Waals surface area (Å²) in [4.78, 5) is 2.82. The molecular weight excluding hydrogens is 356 g/mol. The zero-order valence-corrected chi connectivity index (χ0v) is 17.7. The van der Waals surface area contributed by atoms with Crippen molar-refractivity contribution in [1.82, 2.24) is 4.90 Å². The number of ether oxygens (including phenoxy) is 1. The highest BCUT2D eigenvalue weighted by Gasteiger charge is 2.28. The summed E-state index contributed by atoms with van der Waals surface area (Å²) in [5, 5.41) is 3.43. The molecule has 2 saturated carbocycles. The van der Waals surface area contributed by atoms with E-state index >= 15 is 0 Å². The van der Waals surface area contributed by atoms with Crippen LogP contribution in [-0.4, -0.2) is 30.1 Å². The van der Waals surface area contributed by atoms with E-state index in [1.807, 2.05) is 18.2 Å². The Labute approximate surface area is 176 Å². The van der Waals surface area contributed by atoms with E-state index in [4.69, 9.17) is 4.74 Å². The quantitative estimate of drug-likeness (QED) is 0.536. The molecule has 0 aromatic heterocycles. The molecule has 2 aliphatic carbocycles. The Kier molecular flexibility index (Phi) is 7.47. The molecule has 0 radical (unpaired) electrons. The van der Waals surface area contributed by atoms with Gasteiger partial charge in [0.15, 0.2) is 0 Å². The van der Waals surface area contributed by atoms with E-state index in [1.54, 1.807) is 0 Å². The molecule has 3 heteroatoms. The van der Waals surface area contributed by atoms with Crippen LogP contribution in [0.4, 0.5) is 11.4 Å². The normalized spacial score (nSPS) is 18.7. The number of hydrogen-bond donors (Lipinski definition) is 1. The van der Waals surface area contributed by atoms with E-state index in [9.17, 15) is 0 Å². The monoisotopic (exact) mass is 392 g/mol. The first-order chi connectivity index (χ1) is 14.4. The minimum Gasteiger partial charge on any atom is -0.492 e. The molecule has 29 heavy (non-hydrogen) atoms. The summed E-state index contributed by atoms with van der Waals surface area (Å²) >= 11 is 0. The van der Waals surface area contributed by atoms with Crippen LogP contribution in [0.3, 0.4) is 0 Å². The Bertz CT molecular complexity index is 685. The van der Waals surface area contributed by atoms with Crippen LogP contribution >= 0.6 is 0 Å². The lowest BCUT2D eigenvalue weighted by molar-refractivity contribution is 0.0660. The van der Waals surface area contributed by atoms with E-state index in [-0.39, 0.29) is 0 Å². The van der Waals surface area contributed by atoms with Crippen molar-refractivity contribution < 1.29 is 4.74 Å². The topological polar surface area (TPSA) is 24.5 Å². The summed E-state index contributed by atoms with van der Waals surface area (Å²) in [7, 11) is 0. The third-order valence-corrected chi connectivity index (χ3v) is 6.62. The summed E-state index contributed by atoms with van der Waals surface area (Å²) in [6, 6.07) is 20.2. The summed E-state index contributed by atoms with van der Waals surface area (Å²) in [6.45, 7) is 1.86. The average Bonchev–Trinajstić information content (AvgIpc) is 2.80. The number of hydrogen-bond acceptors (Lipinski definition) is 3. The molecule has 0 aliphatic heterocycles. The van der Waals surface area contributed by atoms with Gasteiger partial charge in [-0.15, -0.1) is 0 Å². The number of benzene rings is 2. The summed E-state index contributed by atoms with van der Waals surface area (Å²) in [5.41, 5.74) is 2.20. The van der Waals surface area contributed by atoms with Crippen molar-refractivity contribution in [2.24, 2.45) is 0 Å². The molecule has 4 rings (SSSR count). The lowest BCUT2D eigenvalue weighted by Gasteiger charge is -2.41. The number of nitrogens with zero attached hydrogens (tertiary/aromatic N) is 1. The molecule has 0 heterocycles. The number of para-hydroxylation sites is 1. The van der Waals surface area contributed by atoms with Gasteiger partial charge >= 0.3 is 0 Å². The number of rotatable bonds is 8. The van der Waals surface area contributed by atoms with Crippen LogP contribution in [0, 0.1) is 0 Å². The Morgan fingerprint density at radius 3 is 1.83 bits per heavy atom. The van der Waals surface area contributed by atoms with Crippen LogP contribution < -0.4 is 10.1 Å². The molecule has 0 saturated heterocycles. The first kappa shape index (κ1) is 20.3. The molecule has 0 spiro atoms. The molecule has 0 atom stereocenters. The van der Waals surface area contributed by atoms with Crippen molar-refractivity contribution in [2.75, 3.05) is 18.5 Å². The van der Waals surface area contributed by atoms with E-state index < -0.39 is 0 Å². The minimum atomic E-state index is 0.785. The smallest absolute Gasteiger partial charge is 0.119 e. The van der Waals surface area contributed by atoms with E-state index in [0.29, 0.717) is 0 Å². The van der Waals surface area contributed by atoms with E-state index in [2.05, 4.69) is 46.6 Å². The SMILES string of the molecule is c1ccc(Nc2ccc(OCCN(C3CCCCC3)C3CCCCC3)cc2)cc1. The molecule has 156 valence electrons. The molecule has 0 unspecified atom stereocenters. The highest BCUT2D eigenvalue weighted by Crippen LogP contribution is 2.30. The predicted molar refractivity (Wildman–Crippen MR) is 122 cm³/mol. The van der Waals surface area contributed by atoms with Crippen LogP contribution in [-0.2, 0) is 0 Å². The molecule has 0 bridgehead atoms. The fourth-order valence-electron chi connectivity index (χ4n) is 5.08. The van der Waals surface area contributed by atoms with Gasteiger partial charge in [0.25, 0.3) is 0 Å². The summed E-state index contributed by atoms with van der Waals surface area (Å²) in [6.07, 6.45) is 14.0. The van der Waals surface area contributed by atoms with Crippen LogP contribution in [0.25, 0.3) is 0 Å². The van der Waals surface area contributed by atoms with Crippen molar-refractivity contribution in [3.63, 3.8) is 0 Å². The maximum atomic E-state index is 6.15. The predicted octanol–water partition coefficient (Wildman–Crippen LogP) is 6.78. The van der Waals surface area contributed by atoms with Gasteiger partial charge in [-0.05, 0) is 62.1 Å². The molecule has 3 nitrogen and oxygen atoms in total. The molecule has 2 fully saturated rings. The Morgan fingerprint density at radius 2 is 1.24 bits per heavy atom. The second-order valence-electron chi connectivity index (χ2n) is 8.69. The zero-order chi connectivity index (χ0) is 19.7. The second-order valence-corrected chi connectivity index (χ2v) is 8.69. The van der Waals surface area contributed by atoms with Crippen molar-refractivity contribution in [3.8, 4) is 5.75 Å². The fourth-order valence-corrected chi connectivity index (χ4v) is 5.08. The average molecular weight is 393 g/mol. The maximum absolute atomic E-state index is 6.15. The molecule has 0 amide bonds. The largest absolute Gasteiger partial charge is 0.492 e. The highest BCUT2D eigenvalue weighted by molar-refractivity contribution is 5.59.